The van der Waals surface area contributed by atoms with Crippen molar-refractivity contribution in [2.45, 2.75) is 32.6 Å². The van der Waals surface area contributed by atoms with E-state index in [1.54, 1.807) is 12.1 Å². The number of carbonyl (C=O) groups is 2. The molecule has 0 aromatic heterocycles. The molecule has 2 heterocycles. The van der Waals surface area contributed by atoms with Crippen molar-refractivity contribution in [3.05, 3.63) is 113 Å². The van der Waals surface area contributed by atoms with Gasteiger partial charge in [-0.2, -0.15) is 0 Å². The van der Waals surface area contributed by atoms with Crippen LogP contribution in [0.1, 0.15) is 39.9 Å². The van der Waals surface area contributed by atoms with Crippen molar-refractivity contribution < 1.29 is 9.59 Å². The van der Waals surface area contributed by atoms with E-state index in [-0.39, 0.29) is 5.91 Å². The molecule has 0 bridgehead atoms. The quantitative estimate of drug-likeness (QED) is 0.277. The van der Waals surface area contributed by atoms with Crippen LogP contribution in [-0.2, 0) is 17.6 Å². The number of fused-ring (bicyclic) bond motifs is 2. The van der Waals surface area contributed by atoms with Gasteiger partial charge < -0.3 is 9.80 Å². The van der Waals surface area contributed by atoms with Gasteiger partial charge in [0.05, 0.1) is 22.6 Å². The number of aryl methyl sites for hydroxylation is 3. The fourth-order valence-electron chi connectivity index (χ4n) is 5.93. The lowest BCUT2D eigenvalue weighted by Crippen LogP contribution is -2.35. The zero-order valence-corrected chi connectivity index (χ0v) is 21.6. The lowest BCUT2D eigenvalue weighted by molar-refractivity contribution is -0.106. The second-order valence-electron chi connectivity index (χ2n) is 10.0. The van der Waals surface area contributed by atoms with Gasteiger partial charge >= 0.3 is 0 Å². The maximum absolute atomic E-state index is 14.3. The average Bonchev–Trinajstić information content (AvgIpc) is 2.97. The molecule has 6 rings (SSSR count). The number of imide groups is 1. The highest BCUT2D eigenvalue weighted by atomic mass is 16.2. The van der Waals surface area contributed by atoms with Crippen LogP contribution < -0.4 is 14.7 Å². The van der Waals surface area contributed by atoms with Crippen molar-refractivity contribution >= 4 is 40.8 Å². The summed E-state index contributed by atoms with van der Waals surface area (Å²) >= 11 is 0. The van der Waals surface area contributed by atoms with Crippen LogP contribution >= 0.6 is 0 Å². The Morgan fingerprint density at radius 3 is 1.95 bits per heavy atom. The molecule has 4 aromatic carbocycles. The number of para-hydroxylation sites is 3. The minimum Gasteiger partial charge on any atom is -0.340 e. The van der Waals surface area contributed by atoms with Crippen LogP contribution in [0.25, 0.3) is 0 Å². The van der Waals surface area contributed by atoms with E-state index in [9.17, 15) is 9.59 Å². The second kappa shape index (κ2) is 10.2. The van der Waals surface area contributed by atoms with E-state index in [0.29, 0.717) is 17.7 Å². The molecule has 0 fully saturated rings. The topological polar surface area (TPSA) is 43.9 Å². The molecule has 0 spiro atoms. The molecule has 0 atom stereocenters. The number of carbonyl (C=O) groups excluding carboxylic acids is 2. The van der Waals surface area contributed by atoms with Crippen molar-refractivity contribution in [1.82, 2.24) is 0 Å². The lowest BCUT2D eigenvalue weighted by atomic mass is 9.95. The molecule has 0 aliphatic carbocycles. The fourth-order valence-corrected chi connectivity index (χ4v) is 5.93. The third-order valence-electron chi connectivity index (χ3n) is 7.72. The minimum atomic E-state index is -0.311. The number of rotatable bonds is 5. The first-order chi connectivity index (χ1) is 18.7. The Bertz CT molecular complexity index is 1500. The first kappa shape index (κ1) is 24.0. The maximum Gasteiger partial charge on any atom is 0.267 e. The molecule has 2 amide bonds. The van der Waals surface area contributed by atoms with E-state index in [0.717, 1.165) is 61.4 Å². The Morgan fingerprint density at radius 2 is 1.29 bits per heavy atom. The van der Waals surface area contributed by atoms with Crippen molar-refractivity contribution in [1.29, 1.82) is 0 Å². The Kier molecular flexibility index (Phi) is 6.42. The molecule has 0 radical (unpaired) electrons. The first-order valence-electron chi connectivity index (χ1n) is 13.4. The molecule has 2 aliphatic rings. The third-order valence-corrected chi connectivity index (χ3v) is 7.72. The largest absolute Gasteiger partial charge is 0.340 e. The Balaban J connectivity index is 1.59. The van der Waals surface area contributed by atoms with Gasteiger partial charge in [-0.25, -0.2) is 4.90 Å². The Labute approximate surface area is 223 Å². The molecule has 4 aromatic rings. The maximum atomic E-state index is 14.3. The fraction of sp³-hybridized carbons (Fsp3) is 0.212. The Morgan fingerprint density at radius 1 is 0.711 bits per heavy atom. The van der Waals surface area contributed by atoms with Crippen LogP contribution in [0.5, 0.6) is 0 Å². The number of amides is 2. The minimum absolute atomic E-state index is 0.311. The summed E-state index contributed by atoms with van der Waals surface area (Å²) in [5.41, 5.74) is 8.76. The van der Waals surface area contributed by atoms with E-state index in [1.165, 1.54) is 21.7 Å². The van der Waals surface area contributed by atoms with Crippen LogP contribution in [0.2, 0.25) is 0 Å². The van der Waals surface area contributed by atoms with Crippen molar-refractivity contribution in [3.63, 3.8) is 0 Å². The summed E-state index contributed by atoms with van der Waals surface area (Å²) in [7, 11) is 0. The summed E-state index contributed by atoms with van der Waals surface area (Å²) < 4.78 is 0. The summed E-state index contributed by atoms with van der Waals surface area (Å²) in [6.07, 6.45) is 4.71. The molecule has 38 heavy (non-hydrogen) atoms. The summed E-state index contributed by atoms with van der Waals surface area (Å²) in [5.74, 6) is -0.311. The number of hydrogen-bond donors (Lipinski definition) is 0. The van der Waals surface area contributed by atoms with Crippen molar-refractivity contribution in [2.75, 3.05) is 27.8 Å². The molecule has 0 unspecified atom stereocenters. The van der Waals surface area contributed by atoms with Crippen LogP contribution in [0.4, 0.5) is 28.4 Å². The number of anilines is 5. The van der Waals surface area contributed by atoms with Gasteiger partial charge in [0.1, 0.15) is 0 Å². The Hall–Kier alpha value is -4.38. The standard InChI is InChI=1S/C33H31N3O2/c1-24-19-20-30(34-21-9-13-25-11-5-7-17-28(25)34)32(35-22-10-14-26-12-6-8-18-29(26)35)31(24)33(38)36(23-37)27-15-3-2-4-16-27/h2-8,11-12,15-20,23H,9-10,13-14,21-22H2,1H3. The molecule has 0 saturated carbocycles. The van der Waals surface area contributed by atoms with E-state index >= 15 is 0 Å². The van der Waals surface area contributed by atoms with E-state index in [4.69, 9.17) is 0 Å². The molecule has 2 aliphatic heterocycles. The van der Waals surface area contributed by atoms with Crippen LogP contribution in [0.3, 0.4) is 0 Å². The molecular formula is C33H31N3O2. The van der Waals surface area contributed by atoms with Crippen LogP contribution in [-0.4, -0.2) is 25.4 Å². The predicted octanol–water partition coefficient (Wildman–Crippen LogP) is 6.97. The molecule has 0 saturated heterocycles. The molecule has 190 valence electrons. The zero-order valence-electron chi connectivity index (χ0n) is 21.6. The third kappa shape index (κ3) is 4.14. The summed E-state index contributed by atoms with van der Waals surface area (Å²) in [6.45, 7) is 3.64. The highest BCUT2D eigenvalue weighted by molar-refractivity contribution is 6.20. The van der Waals surface area contributed by atoms with E-state index < -0.39 is 0 Å². The molecular weight excluding hydrogens is 470 g/mol. The van der Waals surface area contributed by atoms with Gasteiger partial charge in [0.2, 0.25) is 6.41 Å². The van der Waals surface area contributed by atoms with Crippen LogP contribution in [0, 0.1) is 6.92 Å². The van der Waals surface area contributed by atoms with Gasteiger partial charge in [-0.05, 0) is 79.6 Å². The molecule has 5 heteroatoms. The van der Waals surface area contributed by atoms with Crippen molar-refractivity contribution in [3.8, 4) is 0 Å². The monoisotopic (exact) mass is 501 g/mol. The summed E-state index contributed by atoms with van der Waals surface area (Å²) in [6, 6.07) is 30.3. The summed E-state index contributed by atoms with van der Waals surface area (Å²) in [4.78, 5) is 32.5. The van der Waals surface area contributed by atoms with Gasteiger partial charge in [0.25, 0.3) is 5.91 Å². The normalized spacial score (nSPS) is 14.4. The number of hydrogen-bond acceptors (Lipinski definition) is 4. The van der Waals surface area contributed by atoms with Gasteiger partial charge in [-0.1, -0.05) is 60.7 Å². The van der Waals surface area contributed by atoms with Gasteiger partial charge in [0, 0.05) is 24.5 Å². The van der Waals surface area contributed by atoms with Crippen molar-refractivity contribution in [2.24, 2.45) is 0 Å². The number of nitrogens with zero attached hydrogens (tertiary/aromatic N) is 3. The highest BCUT2D eigenvalue weighted by Crippen LogP contribution is 2.46. The lowest BCUT2D eigenvalue weighted by Gasteiger charge is -2.39. The van der Waals surface area contributed by atoms with Gasteiger partial charge in [-0.3, -0.25) is 9.59 Å². The first-order valence-corrected chi connectivity index (χ1v) is 13.4. The van der Waals surface area contributed by atoms with Gasteiger partial charge in [-0.15, -0.1) is 0 Å². The van der Waals surface area contributed by atoms with E-state index in [1.807, 2.05) is 31.2 Å². The predicted molar refractivity (Wildman–Crippen MR) is 154 cm³/mol. The average molecular weight is 502 g/mol. The zero-order chi connectivity index (χ0) is 26.1. The summed E-state index contributed by atoms with van der Waals surface area (Å²) in [5, 5.41) is 0. The molecule has 5 nitrogen and oxygen atoms in total. The second-order valence-corrected chi connectivity index (χ2v) is 10.0. The van der Waals surface area contributed by atoms with E-state index in [2.05, 4.69) is 64.4 Å². The smallest absolute Gasteiger partial charge is 0.267 e. The van der Waals surface area contributed by atoms with Gasteiger partial charge in [0.15, 0.2) is 0 Å². The SMILES string of the molecule is Cc1ccc(N2CCCc3ccccc32)c(N2CCCc3ccccc32)c1C(=O)N(C=O)c1ccccc1. The molecule has 0 N–H and O–H groups in total. The highest BCUT2D eigenvalue weighted by Gasteiger charge is 2.32. The van der Waals surface area contributed by atoms with Crippen LogP contribution in [0.15, 0.2) is 91.0 Å². The number of benzene rings is 4.